The van der Waals surface area contributed by atoms with Gasteiger partial charge in [0.2, 0.25) is 0 Å². The number of aryl methyl sites for hydroxylation is 1. The Morgan fingerprint density at radius 2 is 2.00 bits per heavy atom. The lowest BCUT2D eigenvalue weighted by Gasteiger charge is -2.18. The molecule has 0 bridgehead atoms. The van der Waals surface area contributed by atoms with E-state index < -0.39 is 0 Å². The molecule has 7 heteroatoms. The number of nitrogens with zero attached hydrogens (tertiary/aromatic N) is 2. The number of benzene rings is 1. The maximum Gasteiger partial charge on any atom is 0.317 e. The van der Waals surface area contributed by atoms with E-state index in [2.05, 4.69) is 5.32 Å². The van der Waals surface area contributed by atoms with Gasteiger partial charge in [-0.15, -0.1) is 0 Å². The van der Waals surface area contributed by atoms with Crippen molar-refractivity contribution in [3.8, 4) is 5.75 Å². The fourth-order valence-corrected chi connectivity index (χ4v) is 3.04. The van der Waals surface area contributed by atoms with E-state index in [0.29, 0.717) is 23.7 Å². The van der Waals surface area contributed by atoms with Gasteiger partial charge < -0.3 is 19.5 Å². The van der Waals surface area contributed by atoms with Crippen molar-refractivity contribution in [1.82, 2.24) is 14.8 Å². The minimum Gasteiger partial charge on any atom is -0.489 e. The minimum atomic E-state index is -0.185. The number of hydrogen-bond acceptors (Lipinski definition) is 3. The lowest BCUT2D eigenvalue weighted by atomic mass is 10.2. The third-order valence-corrected chi connectivity index (χ3v) is 4.86. The first-order valence-electron chi connectivity index (χ1n) is 8.54. The van der Waals surface area contributed by atoms with Gasteiger partial charge in [-0.05, 0) is 37.3 Å². The third-order valence-electron chi connectivity index (χ3n) is 4.61. The summed E-state index contributed by atoms with van der Waals surface area (Å²) in [5, 5.41) is 3.48. The van der Waals surface area contributed by atoms with E-state index in [1.807, 2.05) is 25.1 Å². The molecule has 1 aromatic heterocycles. The highest BCUT2D eigenvalue weighted by molar-refractivity contribution is 6.30. The topological polar surface area (TPSA) is 63.6 Å². The average molecular weight is 376 g/mol. The smallest absolute Gasteiger partial charge is 0.317 e. The molecule has 1 unspecified atom stereocenters. The zero-order valence-electron chi connectivity index (χ0n) is 14.9. The molecule has 1 aliphatic heterocycles. The van der Waals surface area contributed by atoms with Crippen LogP contribution in [0.4, 0.5) is 4.79 Å². The molecule has 0 saturated carbocycles. The highest BCUT2D eigenvalue weighted by Gasteiger charge is 2.27. The highest BCUT2D eigenvalue weighted by Crippen LogP contribution is 2.20. The van der Waals surface area contributed by atoms with Gasteiger partial charge in [-0.3, -0.25) is 4.79 Å². The molecule has 3 rings (SSSR count). The summed E-state index contributed by atoms with van der Waals surface area (Å²) < 4.78 is 7.46. The quantitative estimate of drug-likeness (QED) is 0.893. The molecule has 2 heterocycles. The second-order valence-corrected chi connectivity index (χ2v) is 6.89. The van der Waals surface area contributed by atoms with Gasteiger partial charge in [0.1, 0.15) is 11.9 Å². The summed E-state index contributed by atoms with van der Waals surface area (Å²) in [4.78, 5) is 26.2. The van der Waals surface area contributed by atoms with E-state index in [9.17, 15) is 9.59 Å². The molecule has 26 heavy (non-hydrogen) atoms. The summed E-state index contributed by atoms with van der Waals surface area (Å²) in [7, 11) is 1.72. The average Bonchev–Trinajstić information content (AvgIpc) is 3.09. The fraction of sp³-hybridized carbons (Fsp3) is 0.368. The predicted octanol–water partition coefficient (Wildman–Crippen LogP) is 2.71. The molecular weight excluding hydrogens is 354 g/mol. The number of pyridine rings is 1. The summed E-state index contributed by atoms with van der Waals surface area (Å²) in [5.41, 5.74) is 1.36. The SMILES string of the molecule is Cc1ccc(CNC(=O)N2CCC(Oc3ccc(Cl)cc3)C2)c(=O)n1C. The van der Waals surface area contributed by atoms with Crippen LogP contribution in [0.2, 0.25) is 5.02 Å². The van der Waals surface area contributed by atoms with Crippen molar-refractivity contribution in [2.75, 3.05) is 13.1 Å². The second-order valence-electron chi connectivity index (χ2n) is 6.45. The van der Waals surface area contributed by atoms with Crippen LogP contribution in [0.5, 0.6) is 5.75 Å². The standard InChI is InChI=1S/C19H22ClN3O3/c1-13-3-4-14(18(24)22(13)2)11-21-19(25)23-10-9-17(12-23)26-16-7-5-15(20)6-8-16/h3-8,17H,9-12H2,1-2H3,(H,21,25). The van der Waals surface area contributed by atoms with Crippen molar-refractivity contribution in [2.45, 2.75) is 26.0 Å². The third kappa shape index (κ3) is 4.19. The zero-order chi connectivity index (χ0) is 18.7. The molecule has 1 aromatic carbocycles. The largest absolute Gasteiger partial charge is 0.489 e. The summed E-state index contributed by atoms with van der Waals surface area (Å²) in [6, 6.07) is 10.6. The van der Waals surface area contributed by atoms with Gasteiger partial charge in [0.25, 0.3) is 5.56 Å². The summed E-state index contributed by atoms with van der Waals surface area (Å²) in [6.07, 6.45) is 0.719. The first-order chi connectivity index (χ1) is 12.4. The van der Waals surface area contributed by atoms with Crippen LogP contribution < -0.4 is 15.6 Å². The van der Waals surface area contributed by atoms with E-state index in [0.717, 1.165) is 17.9 Å². The Kier molecular flexibility index (Phi) is 5.52. The Morgan fingerprint density at radius 3 is 2.73 bits per heavy atom. The lowest BCUT2D eigenvalue weighted by Crippen LogP contribution is -2.40. The molecule has 1 saturated heterocycles. The molecule has 2 aromatic rings. The number of likely N-dealkylation sites (tertiary alicyclic amines) is 1. The molecule has 1 aliphatic rings. The molecule has 2 amide bonds. The molecule has 1 N–H and O–H groups in total. The van der Waals surface area contributed by atoms with Crippen molar-refractivity contribution in [1.29, 1.82) is 0 Å². The molecule has 1 atom stereocenters. The van der Waals surface area contributed by atoms with Crippen molar-refractivity contribution >= 4 is 17.6 Å². The number of amides is 2. The van der Waals surface area contributed by atoms with Crippen molar-refractivity contribution in [3.63, 3.8) is 0 Å². The molecule has 138 valence electrons. The molecular formula is C19H22ClN3O3. The number of halogens is 1. The van der Waals surface area contributed by atoms with Gasteiger partial charge in [0.15, 0.2) is 0 Å². The number of rotatable bonds is 4. The number of ether oxygens (including phenoxy) is 1. The van der Waals surface area contributed by atoms with Gasteiger partial charge in [0, 0.05) is 42.8 Å². The van der Waals surface area contributed by atoms with E-state index in [1.54, 1.807) is 34.7 Å². The molecule has 1 fully saturated rings. The van der Waals surface area contributed by atoms with Crippen LogP contribution in [0.3, 0.4) is 0 Å². The second kappa shape index (κ2) is 7.83. The highest BCUT2D eigenvalue weighted by atomic mass is 35.5. The van der Waals surface area contributed by atoms with Crippen LogP contribution in [-0.2, 0) is 13.6 Å². The Labute approximate surface area is 157 Å². The van der Waals surface area contributed by atoms with Crippen LogP contribution in [0.15, 0.2) is 41.2 Å². The number of nitrogens with one attached hydrogen (secondary N) is 1. The number of carbonyl (C=O) groups excluding carboxylic acids is 1. The normalized spacial score (nSPS) is 16.6. The minimum absolute atomic E-state index is 0.0471. The molecule has 6 nitrogen and oxygen atoms in total. The maximum atomic E-state index is 12.4. The van der Waals surface area contributed by atoms with Gasteiger partial charge in [-0.2, -0.15) is 0 Å². The van der Waals surface area contributed by atoms with E-state index >= 15 is 0 Å². The first-order valence-corrected chi connectivity index (χ1v) is 8.92. The Bertz CT molecular complexity index is 848. The van der Waals surface area contributed by atoms with Crippen molar-refractivity contribution < 1.29 is 9.53 Å². The summed E-state index contributed by atoms with van der Waals surface area (Å²) in [6.45, 7) is 3.22. The molecule has 0 radical (unpaired) electrons. The van der Waals surface area contributed by atoms with Gasteiger partial charge in [-0.1, -0.05) is 17.7 Å². The van der Waals surface area contributed by atoms with Gasteiger partial charge >= 0.3 is 6.03 Å². The van der Waals surface area contributed by atoms with Crippen LogP contribution in [-0.4, -0.2) is 34.7 Å². The maximum absolute atomic E-state index is 12.4. The fourth-order valence-electron chi connectivity index (χ4n) is 2.91. The Balaban J connectivity index is 1.52. The van der Waals surface area contributed by atoms with Crippen LogP contribution in [0, 0.1) is 6.92 Å². The zero-order valence-corrected chi connectivity index (χ0v) is 15.6. The van der Waals surface area contributed by atoms with E-state index in [4.69, 9.17) is 16.3 Å². The summed E-state index contributed by atoms with van der Waals surface area (Å²) in [5.74, 6) is 0.741. The molecule has 0 spiro atoms. The Morgan fingerprint density at radius 1 is 1.27 bits per heavy atom. The number of carbonyl (C=O) groups is 1. The Hall–Kier alpha value is -2.47. The predicted molar refractivity (Wildman–Crippen MR) is 101 cm³/mol. The van der Waals surface area contributed by atoms with E-state index in [-0.39, 0.29) is 24.2 Å². The van der Waals surface area contributed by atoms with E-state index in [1.165, 1.54) is 0 Å². The molecule has 0 aliphatic carbocycles. The first kappa shape index (κ1) is 18.3. The number of hydrogen-bond donors (Lipinski definition) is 1. The number of aromatic nitrogens is 1. The van der Waals surface area contributed by atoms with Crippen LogP contribution in [0.1, 0.15) is 17.7 Å². The van der Waals surface area contributed by atoms with Crippen molar-refractivity contribution in [3.05, 3.63) is 63.0 Å². The lowest BCUT2D eigenvalue weighted by molar-refractivity contribution is 0.186. The van der Waals surface area contributed by atoms with Crippen LogP contribution >= 0.6 is 11.6 Å². The monoisotopic (exact) mass is 375 g/mol. The summed E-state index contributed by atoms with van der Waals surface area (Å²) >= 11 is 5.87. The number of urea groups is 1. The van der Waals surface area contributed by atoms with Crippen molar-refractivity contribution in [2.24, 2.45) is 7.05 Å². The van der Waals surface area contributed by atoms with Gasteiger partial charge in [0.05, 0.1) is 6.54 Å². The van der Waals surface area contributed by atoms with Gasteiger partial charge in [-0.25, -0.2) is 4.79 Å². The van der Waals surface area contributed by atoms with Crippen LogP contribution in [0.25, 0.3) is 0 Å².